The van der Waals surface area contributed by atoms with Gasteiger partial charge in [0.15, 0.2) is 0 Å². The van der Waals surface area contributed by atoms with Gasteiger partial charge < -0.3 is 15.2 Å². The van der Waals surface area contributed by atoms with E-state index in [0.717, 1.165) is 31.6 Å². The van der Waals surface area contributed by atoms with E-state index in [-0.39, 0.29) is 12.1 Å². The van der Waals surface area contributed by atoms with Crippen LogP contribution in [0.3, 0.4) is 0 Å². The molecule has 0 aromatic heterocycles. The minimum atomic E-state index is -0.00440. The third-order valence-electron chi connectivity index (χ3n) is 2.32. The Morgan fingerprint density at radius 2 is 2.46 bits per heavy atom. The standard InChI is InChI=1S/C10H19NO2/c1-8(12-2)7-9(11)10-5-3-4-6-13-10/h5,8-9H,3-4,6-7,11H2,1-2H3. The molecule has 0 aromatic rings. The summed E-state index contributed by atoms with van der Waals surface area (Å²) in [6.07, 6.45) is 5.31. The van der Waals surface area contributed by atoms with Crippen LogP contribution in [0.1, 0.15) is 26.2 Å². The smallest absolute Gasteiger partial charge is 0.109 e. The van der Waals surface area contributed by atoms with E-state index < -0.39 is 0 Å². The van der Waals surface area contributed by atoms with Crippen molar-refractivity contribution < 1.29 is 9.47 Å². The Labute approximate surface area is 79.9 Å². The number of rotatable bonds is 4. The van der Waals surface area contributed by atoms with Gasteiger partial charge in [0.1, 0.15) is 5.76 Å². The molecular formula is C10H19NO2. The molecule has 1 aliphatic rings. The maximum atomic E-state index is 5.95. The first-order valence-electron chi connectivity index (χ1n) is 4.85. The molecule has 0 saturated carbocycles. The largest absolute Gasteiger partial charge is 0.497 e. The van der Waals surface area contributed by atoms with E-state index in [4.69, 9.17) is 15.2 Å². The molecule has 1 aliphatic heterocycles. The second kappa shape index (κ2) is 5.25. The van der Waals surface area contributed by atoms with Crippen molar-refractivity contribution in [3.63, 3.8) is 0 Å². The van der Waals surface area contributed by atoms with Gasteiger partial charge in [-0.2, -0.15) is 0 Å². The second-order valence-corrected chi connectivity index (χ2v) is 3.49. The molecule has 0 bridgehead atoms. The van der Waals surface area contributed by atoms with Crippen molar-refractivity contribution in [2.45, 2.75) is 38.3 Å². The zero-order chi connectivity index (χ0) is 9.68. The summed E-state index contributed by atoms with van der Waals surface area (Å²) >= 11 is 0. The fraction of sp³-hybridized carbons (Fsp3) is 0.800. The average Bonchev–Trinajstić information content (AvgIpc) is 2.19. The molecule has 1 rings (SSSR count). The first kappa shape index (κ1) is 10.5. The zero-order valence-corrected chi connectivity index (χ0v) is 8.45. The SMILES string of the molecule is COC(C)CC(N)C1=CCCCO1. The molecule has 0 spiro atoms. The molecule has 76 valence electrons. The van der Waals surface area contributed by atoms with Crippen molar-refractivity contribution in [1.29, 1.82) is 0 Å². The molecule has 2 unspecified atom stereocenters. The lowest BCUT2D eigenvalue weighted by atomic mass is 10.1. The first-order valence-corrected chi connectivity index (χ1v) is 4.85. The van der Waals surface area contributed by atoms with Gasteiger partial charge in [-0.25, -0.2) is 0 Å². The summed E-state index contributed by atoms with van der Waals surface area (Å²) in [5.41, 5.74) is 5.95. The van der Waals surface area contributed by atoms with Gasteiger partial charge in [0.2, 0.25) is 0 Å². The van der Waals surface area contributed by atoms with E-state index in [9.17, 15) is 0 Å². The van der Waals surface area contributed by atoms with Crippen LogP contribution in [0.4, 0.5) is 0 Å². The monoisotopic (exact) mass is 185 g/mol. The molecular weight excluding hydrogens is 166 g/mol. The molecule has 0 aromatic carbocycles. The van der Waals surface area contributed by atoms with E-state index in [2.05, 4.69) is 6.08 Å². The van der Waals surface area contributed by atoms with Crippen molar-refractivity contribution in [2.24, 2.45) is 5.73 Å². The third-order valence-corrected chi connectivity index (χ3v) is 2.32. The second-order valence-electron chi connectivity index (χ2n) is 3.49. The third kappa shape index (κ3) is 3.36. The van der Waals surface area contributed by atoms with Crippen LogP contribution in [0.25, 0.3) is 0 Å². The molecule has 0 fully saturated rings. The van der Waals surface area contributed by atoms with Crippen LogP contribution < -0.4 is 5.73 Å². The van der Waals surface area contributed by atoms with Crippen molar-refractivity contribution in [2.75, 3.05) is 13.7 Å². The molecule has 0 radical (unpaired) electrons. The van der Waals surface area contributed by atoms with Crippen molar-refractivity contribution >= 4 is 0 Å². The Kier molecular flexibility index (Phi) is 4.25. The Hall–Kier alpha value is -0.540. The summed E-state index contributed by atoms with van der Waals surface area (Å²) in [7, 11) is 1.70. The first-order chi connectivity index (χ1) is 6.24. The highest BCUT2D eigenvalue weighted by Gasteiger charge is 2.16. The quantitative estimate of drug-likeness (QED) is 0.720. The van der Waals surface area contributed by atoms with Gasteiger partial charge in [-0.15, -0.1) is 0 Å². The van der Waals surface area contributed by atoms with Crippen molar-refractivity contribution in [1.82, 2.24) is 0 Å². The lowest BCUT2D eigenvalue weighted by Crippen LogP contribution is -2.30. The van der Waals surface area contributed by atoms with Gasteiger partial charge in [-0.1, -0.05) is 0 Å². The average molecular weight is 185 g/mol. The highest BCUT2D eigenvalue weighted by atomic mass is 16.5. The Morgan fingerprint density at radius 1 is 1.69 bits per heavy atom. The molecule has 3 nitrogen and oxygen atoms in total. The normalized spacial score (nSPS) is 21.6. The number of methoxy groups -OCH3 is 1. The fourth-order valence-corrected chi connectivity index (χ4v) is 1.40. The highest BCUT2D eigenvalue weighted by Crippen LogP contribution is 2.15. The number of hydrogen-bond acceptors (Lipinski definition) is 3. The molecule has 0 aliphatic carbocycles. The molecule has 0 amide bonds. The van der Waals surface area contributed by atoms with Crippen LogP contribution in [0.2, 0.25) is 0 Å². The van der Waals surface area contributed by atoms with E-state index in [0.29, 0.717) is 0 Å². The zero-order valence-electron chi connectivity index (χ0n) is 8.45. The van der Waals surface area contributed by atoms with Crippen molar-refractivity contribution in [3.8, 4) is 0 Å². The van der Waals surface area contributed by atoms with E-state index in [1.54, 1.807) is 7.11 Å². The van der Waals surface area contributed by atoms with Crippen LogP contribution in [0.15, 0.2) is 11.8 Å². The van der Waals surface area contributed by atoms with Gasteiger partial charge in [-0.3, -0.25) is 0 Å². The van der Waals surface area contributed by atoms with Crippen LogP contribution >= 0.6 is 0 Å². The van der Waals surface area contributed by atoms with Crippen molar-refractivity contribution in [3.05, 3.63) is 11.8 Å². The molecule has 13 heavy (non-hydrogen) atoms. The predicted molar refractivity (Wildman–Crippen MR) is 52.3 cm³/mol. The van der Waals surface area contributed by atoms with E-state index in [1.807, 2.05) is 6.92 Å². The molecule has 0 saturated heterocycles. The predicted octanol–water partition coefficient (Wildman–Crippen LogP) is 1.43. The Balaban J connectivity index is 2.37. The minimum Gasteiger partial charge on any atom is -0.497 e. The summed E-state index contributed by atoms with van der Waals surface area (Å²) < 4.78 is 10.6. The topological polar surface area (TPSA) is 44.5 Å². The number of nitrogens with two attached hydrogens (primary N) is 1. The maximum absolute atomic E-state index is 5.95. The Morgan fingerprint density at radius 3 is 3.00 bits per heavy atom. The summed E-state index contributed by atoms with van der Waals surface area (Å²) in [6.45, 7) is 2.82. The summed E-state index contributed by atoms with van der Waals surface area (Å²) in [4.78, 5) is 0. The van der Waals surface area contributed by atoms with Gasteiger partial charge >= 0.3 is 0 Å². The van der Waals surface area contributed by atoms with Crippen LogP contribution in [0.5, 0.6) is 0 Å². The number of hydrogen-bond donors (Lipinski definition) is 1. The van der Waals surface area contributed by atoms with Gasteiger partial charge in [0.25, 0.3) is 0 Å². The number of allylic oxidation sites excluding steroid dienone is 1. The van der Waals surface area contributed by atoms with E-state index in [1.165, 1.54) is 0 Å². The van der Waals surface area contributed by atoms with Crippen LogP contribution in [-0.4, -0.2) is 25.9 Å². The Bertz CT molecular complexity index is 180. The van der Waals surface area contributed by atoms with Crippen LogP contribution in [0, 0.1) is 0 Å². The maximum Gasteiger partial charge on any atom is 0.109 e. The summed E-state index contributed by atoms with van der Waals surface area (Å²) in [5.74, 6) is 0.940. The highest BCUT2D eigenvalue weighted by molar-refractivity contribution is 5.04. The minimum absolute atomic E-state index is 0.00440. The lowest BCUT2D eigenvalue weighted by Gasteiger charge is -2.22. The lowest BCUT2D eigenvalue weighted by molar-refractivity contribution is 0.0949. The molecule has 1 heterocycles. The van der Waals surface area contributed by atoms with E-state index >= 15 is 0 Å². The van der Waals surface area contributed by atoms with Crippen LogP contribution in [-0.2, 0) is 9.47 Å². The van der Waals surface area contributed by atoms with Gasteiger partial charge in [0, 0.05) is 7.11 Å². The fourth-order valence-electron chi connectivity index (χ4n) is 1.40. The molecule has 3 heteroatoms. The van der Waals surface area contributed by atoms with Gasteiger partial charge in [-0.05, 0) is 32.3 Å². The summed E-state index contributed by atoms with van der Waals surface area (Å²) in [5, 5.41) is 0. The summed E-state index contributed by atoms with van der Waals surface area (Å²) in [6, 6.07) is -0.00440. The molecule has 2 atom stereocenters. The molecule has 2 N–H and O–H groups in total. The number of ether oxygens (including phenoxy) is 2. The van der Waals surface area contributed by atoms with Gasteiger partial charge in [0.05, 0.1) is 18.8 Å².